The monoisotopic (exact) mass is 550 g/mol. The van der Waals surface area contributed by atoms with Crippen molar-refractivity contribution < 1.29 is 58.7 Å². The first kappa shape index (κ1) is 28.9. The highest BCUT2D eigenvalue weighted by molar-refractivity contribution is 5.82. The van der Waals surface area contributed by atoms with Gasteiger partial charge in [0.25, 0.3) is 0 Å². The van der Waals surface area contributed by atoms with Crippen molar-refractivity contribution in [3.8, 4) is 23.0 Å². The fraction of sp³-hybridized carbons (Fsp3) is 0.519. The number of ether oxygens (including phenoxy) is 6. The van der Waals surface area contributed by atoms with Gasteiger partial charge in [0.1, 0.15) is 24.4 Å². The van der Waals surface area contributed by atoms with E-state index in [0.717, 1.165) is 5.56 Å². The third-order valence-corrected chi connectivity index (χ3v) is 7.17. The first-order valence-electron chi connectivity index (χ1n) is 12.4. The Balaban J connectivity index is 1.52. The van der Waals surface area contributed by atoms with Crippen molar-refractivity contribution >= 4 is 5.97 Å². The minimum absolute atomic E-state index is 0.0408. The molecule has 0 amide bonds. The number of hydrogen-bond acceptors (Lipinski definition) is 12. The van der Waals surface area contributed by atoms with Crippen molar-refractivity contribution in [2.24, 2.45) is 5.92 Å². The highest BCUT2D eigenvalue weighted by atomic mass is 16.7. The number of carbonyl (C=O) groups is 1. The van der Waals surface area contributed by atoms with Crippen molar-refractivity contribution in [1.29, 1.82) is 0 Å². The van der Waals surface area contributed by atoms with E-state index >= 15 is 0 Å². The second-order valence-corrected chi connectivity index (χ2v) is 9.59. The van der Waals surface area contributed by atoms with Crippen molar-refractivity contribution in [3.63, 3.8) is 0 Å². The largest absolute Gasteiger partial charge is 0.493 e. The molecule has 5 N–H and O–H groups in total. The van der Waals surface area contributed by atoms with Gasteiger partial charge in [0.15, 0.2) is 28.6 Å². The minimum Gasteiger partial charge on any atom is -0.493 e. The topological polar surface area (TPSA) is 174 Å². The zero-order valence-corrected chi connectivity index (χ0v) is 21.9. The molecule has 7 atom stereocenters. The van der Waals surface area contributed by atoms with Gasteiger partial charge in [0.05, 0.1) is 34.5 Å². The molecule has 2 fully saturated rings. The van der Waals surface area contributed by atoms with Gasteiger partial charge in [-0.2, -0.15) is 0 Å². The van der Waals surface area contributed by atoms with Gasteiger partial charge in [-0.15, -0.1) is 0 Å². The maximum absolute atomic E-state index is 12.7. The molecular weight excluding hydrogens is 516 g/mol. The third-order valence-electron chi connectivity index (χ3n) is 7.17. The van der Waals surface area contributed by atoms with E-state index in [0.29, 0.717) is 23.5 Å². The SMILES string of the molecule is COc1ccc(C[C@H]2COC(=O)[C@]2(O)Cc2ccc(O[C@H]3O[C@@H](CO)[C@H](O)[C@@H](O)[C@@H]3O)c(OC)c2)cc1OC. The lowest BCUT2D eigenvalue weighted by Gasteiger charge is -2.39. The van der Waals surface area contributed by atoms with Crippen LogP contribution in [0.4, 0.5) is 0 Å². The van der Waals surface area contributed by atoms with Crippen LogP contribution < -0.4 is 18.9 Å². The van der Waals surface area contributed by atoms with Gasteiger partial charge in [0.2, 0.25) is 6.29 Å². The average molecular weight is 551 g/mol. The molecule has 0 spiro atoms. The fourth-order valence-electron chi connectivity index (χ4n) is 4.86. The normalized spacial score (nSPS) is 30.5. The molecule has 2 aliphatic rings. The van der Waals surface area contributed by atoms with E-state index in [4.69, 9.17) is 28.4 Å². The van der Waals surface area contributed by atoms with E-state index in [2.05, 4.69) is 0 Å². The van der Waals surface area contributed by atoms with Gasteiger partial charge < -0.3 is 54.0 Å². The maximum Gasteiger partial charge on any atom is 0.338 e. The summed E-state index contributed by atoms with van der Waals surface area (Å²) >= 11 is 0. The standard InChI is InChI=1S/C27H34O12/c1-34-17-6-4-14(9-19(17)35-2)8-16-13-37-26(32)27(16,33)11-15-5-7-18(20(10-15)36-3)38-25-24(31)23(30)22(29)21(12-28)39-25/h4-7,9-10,16,21-25,28-31,33H,8,11-13H2,1-3H3/t16-,21-,22-,23+,24-,25-,27-/m0/s1. The van der Waals surface area contributed by atoms with E-state index in [1.165, 1.54) is 27.4 Å². The van der Waals surface area contributed by atoms with Gasteiger partial charge in [-0.05, 0) is 41.8 Å². The highest BCUT2D eigenvalue weighted by Crippen LogP contribution is 2.38. The van der Waals surface area contributed by atoms with Crippen molar-refractivity contribution in [1.82, 2.24) is 0 Å². The molecule has 0 aromatic heterocycles. The lowest BCUT2D eigenvalue weighted by molar-refractivity contribution is -0.277. The van der Waals surface area contributed by atoms with Crippen LogP contribution in [0.25, 0.3) is 0 Å². The second kappa shape index (κ2) is 11.9. The Morgan fingerprint density at radius 3 is 2.15 bits per heavy atom. The Hall–Kier alpha value is -3.13. The average Bonchev–Trinajstić information content (AvgIpc) is 3.21. The maximum atomic E-state index is 12.7. The zero-order chi connectivity index (χ0) is 28.3. The highest BCUT2D eigenvalue weighted by Gasteiger charge is 2.51. The molecule has 12 heteroatoms. The summed E-state index contributed by atoms with van der Waals surface area (Å²) in [4.78, 5) is 12.7. The molecular formula is C27H34O12. The van der Waals surface area contributed by atoms with E-state index in [-0.39, 0.29) is 24.5 Å². The van der Waals surface area contributed by atoms with Crippen LogP contribution in [-0.2, 0) is 27.1 Å². The Kier molecular flexibility index (Phi) is 8.84. The number of benzene rings is 2. The van der Waals surface area contributed by atoms with Crippen LogP contribution in [0.3, 0.4) is 0 Å². The van der Waals surface area contributed by atoms with Gasteiger partial charge in [-0.1, -0.05) is 12.1 Å². The molecule has 2 saturated heterocycles. The molecule has 4 rings (SSSR count). The Labute approximate surface area is 225 Å². The molecule has 12 nitrogen and oxygen atoms in total. The van der Waals surface area contributed by atoms with Crippen molar-refractivity contribution in [3.05, 3.63) is 47.5 Å². The van der Waals surface area contributed by atoms with Gasteiger partial charge in [-0.25, -0.2) is 4.79 Å². The number of methoxy groups -OCH3 is 3. The molecule has 2 aromatic rings. The van der Waals surface area contributed by atoms with Gasteiger partial charge >= 0.3 is 5.97 Å². The molecule has 2 aliphatic heterocycles. The number of rotatable bonds is 10. The Morgan fingerprint density at radius 1 is 0.872 bits per heavy atom. The molecule has 0 aliphatic carbocycles. The summed E-state index contributed by atoms with van der Waals surface area (Å²) in [6.07, 6.45) is -6.98. The molecule has 0 unspecified atom stereocenters. The summed E-state index contributed by atoms with van der Waals surface area (Å²) in [7, 11) is 4.45. The third kappa shape index (κ3) is 5.76. The quantitative estimate of drug-likeness (QED) is 0.242. The molecule has 2 aromatic carbocycles. The minimum atomic E-state index is -1.81. The van der Waals surface area contributed by atoms with Crippen molar-refractivity contribution in [2.45, 2.75) is 49.1 Å². The predicted octanol–water partition coefficient (Wildman–Crippen LogP) is -0.420. The first-order valence-corrected chi connectivity index (χ1v) is 12.4. The van der Waals surface area contributed by atoms with E-state index < -0.39 is 54.8 Å². The number of esters is 1. The van der Waals surface area contributed by atoms with Crippen LogP contribution in [0, 0.1) is 5.92 Å². The van der Waals surface area contributed by atoms with Gasteiger partial charge in [-0.3, -0.25) is 0 Å². The lowest BCUT2D eigenvalue weighted by atomic mass is 9.81. The molecule has 0 bridgehead atoms. The smallest absolute Gasteiger partial charge is 0.338 e. The summed E-state index contributed by atoms with van der Waals surface area (Å²) in [5, 5.41) is 51.2. The molecule has 39 heavy (non-hydrogen) atoms. The molecule has 0 saturated carbocycles. The predicted molar refractivity (Wildman–Crippen MR) is 134 cm³/mol. The van der Waals surface area contributed by atoms with Crippen LogP contribution in [0.5, 0.6) is 23.0 Å². The van der Waals surface area contributed by atoms with Crippen LogP contribution in [0.1, 0.15) is 11.1 Å². The van der Waals surface area contributed by atoms with E-state index in [1.54, 1.807) is 24.3 Å². The van der Waals surface area contributed by atoms with E-state index in [1.807, 2.05) is 6.07 Å². The first-order chi connectivity index (χ1) is 18.6. The summed E-state index contributed by atoms with van der Waals surface area (Å²) in [5.41, 5.74) is -0.431. The summed E-state index contributed by atoms with van der Waals surface area (Å²) in [5.74, 6) is 0.161. The number of aliphatic hydroxyl groups excluding tert-OH is 4. The number of aliphatic hydroxyl groups is 5. The molecule has 214 valence electrons. The fourth-order valence-corrected chi connectivity index (χ4v) is 4.86. The van der Waals surface area contributed by atoms with E-state index in [9.17, 15) is 30.3 Å². The van der Waals surface area contributed by atoms with Gasteiger partial charge in [0, 0.05) is 12.3 Å². The van der Waals surface area contributed by atoms with Crippen LogP contribution in [0.15, 0.2) is 36.4 Å². The summed E-state index contributed by atoms with van der Waals surface area (Å²) < 4.78 is 32.4. The number of cyclic esters (lactones) is 1. The Bertz CT molecular complexity index is 1150. The summed E-state index contributed by atoms with van der Waals surface area (Å²) in [6.45, 7) is -0.556. The summed E-state index contributed by atoms with van der Waals surface area (Å²) in [6, 6.07) is 10.1. The number of hydrogen-bond donors (Lipinski definition) is 5. The Morgan fingerprint density at radius 2 is 1.49 bits per heavy atom. The van der Waals surface area contributed by atoms with Crippen LogP contribution in [-0.4, -0.2) is 102 Å². The van der Waals surface area contributed by atoms with Crippen LogP contribution in [0.2, 0.25) is 0 Å². The van der Waals surface area contributed by atoms with Crippen molar-refractivity contribution in [2.75, 3.05) is 34.5 Å². The van der Waals surface area contributed by atoms with Crippen LogP contribution >= 0.6 is 0 Å². The second-order valence-electron chi connectivity index (χ2n) is 9.59. The number of carbonyl (C=O) groups excluding carboxylic acids is 1. The molecule has 0 radical (unpaired) electrons. The lowest BCUT2D eigenvalue weighted by Crippen LogP contribution is -2.60. The zero-order valence-electron chi connectivity index (χ0n) is 21.9. The molecule has 2 heterocycles.